The van der Waals surface area contributed by atoms with E-state index in [1.807, 2.05) is 55.5 Å². The molecule has 1 aliphatic rings. The molecule has 0 aliphatic carbocycles. The summed E-state index contributed by atoms with van der Waals surface area (Å²) in [5.74, 6) is 0.0419. The molecule has 2 aromatic rings. The van der Waals surface area contributed by atoms with Gasteiger partial charge in [0.1, 0.15) is 17.5 Å². The number of β-lactam (4-membered cyclic amide) rings is 1. The monoisotopic (exact) mass is 469 g/mol. The van der Waals surface area contributed by atoms with Gasteiger partial charge in [0.05, 0.1) is 32.8 Å². The highest BCUT2D eigenvalue weighted by molar-refractivity contribution is 5.98. The summed E-state index contributed by atoms with van der Waals surface area (Å²) >= 11 is 0. The Balaban J connectivity index is 1.88. The molecule has 3 atom stereocenters. The molecule has 1 N–H and O–H groups in total. The van der Waals surface area contributed by atoms with E-state index in [0.717, 1.165) is 35.5 Å². The first-order valence-electron chi connectivity index (χ1n) is 11.8. The number of carbonyl (C=O) groups is 2. The zero-order valence-electron chi connectivity index (χ0n) is 20.4. The first-order chi connectivity index (χ1) is 16.4. The van der Waals surface area contributed by atoms with E-state index in [0.29, 0.717) is 19.4 Å². The van der Waals surface area contributed by atoms with Crippen molar-refractivity contribution in [2.75, 3.05) is 20.8 Å². The van der Waals surface area contributed by atoms with Gasteiger partial charge in [-0.25, -0.2) is 4.79 Å². The number of hydrogen-bond donors (Lipinski definition) is 1. The van der Waals surface area contributed by atoms with Crippen LogP contribution in [0.2, 0.25) is 0 Å². The van der Waals surface area contributed by atoms with Crippen LogP contribution >= 0.6 is 0 Å². The Bertz CT molecular complexity index is 891. The second-order valence-corrected chi connectivity index (χ2v) is 8.74. The van der Waals surface area contributed by atoms with Gasteiger partial charge in [0.2, 0.25) is 5.91 Å². The van der Waals surface area contributed by atoms with E-state index in [9.17, 15) is 14.7 Å². The van der Waals surface area contributed by atoms with Crippen molar-refractivity contribution >= 4 is 11.9 Å². The third kappa shape index (κ3) is 5.89. The number of carbonyl (C=O) groups excluding carboxylic acids is 2. The lowest BCUT2D eigenvalue weighted by atomic mass is 9.80. The van der Waals surface area contributed by atoms with Crippen LogP contribution < -0.4 is 9.47 Å². The highest BCUT2D eigenvalue weighted by Crippen LogP contribution is 2.35. The van der Waals surface area contributed by atoms with Crippen molar-refractivity contribution in [1.29, 1.82) is 0 Å². The van der Waals surface area contributed by atoms with Crippen LogP contribution in [0.15, 0.2) is 48.5 Å². The van der Waals surface area contributed by atoms with Crippen LogP contribution in [0.3, 0.4) is 0 Å². The van der Waals surface area contributed by atoms with Crippen molar-refractivity contribution in [3.8, 4) is 11.5 Å². The highest BCUT2D eigenvalue weighted by Gasteiger charge is 2.56. The van der Waals surface area contributed by atoms with Gasteiger partial charge < -0.3 is 24.2 Å². The number of likely N-dealkylation sites (tertiary alicyclic amines) is 1. The predicted molar refractivity (Wildman–Crippen MR) is 129 cm³/mol. The topological polar surface area (TPSA) is 85.3 Å². The molecule has 1 aliphatic heterocycles. The largest absolute Gasteiger partial charge is 0.497 e. The number of unbranched alkanes of at least 4 members (excludes halogenated alkanes) is 1. The summed E-state index contributed by atoms with van der Waals surface area (Å²) in [5, 5.41) is 10.2. The van der Waals surface area contributed by atoms with Gasteiger partial charge in [0, 0.05) is 6.04 Å². The quantitative estimate of drug-likeness (QED) is 0.291. The molecule has 1 saturated heterocycles. The zero-order chi connectivity index (χ0) is 24.7. The maximum absolute atomic E-state index is 13.2. The third-order valence-corrected chi connectivity index (χ3v) is 6.34. The van der Waals surface area contributed by atoms with Crippen LogP contribution in [0.5, 0.6) is 11.5 Å². The van der Waals surface area contributed by atoms with Gasteiger partial charge in [0.25, 0.3) is 0 Å². The molecule has 0 radical (unpaired) electrons. The van der Waals surface area contributed by atoms with Crippen molar-refractivity contribution in [1.82, 2.24) is 4.90 Å². The van der Waals surface area contributed by atoms with E-state index in [1.54, 1.807) is 26.0 Å². The van der Waals surface area contributed by atoms with Gasteiger partial charge in [-0.1, -0.05) is 37.6 Å². The van der Waals surface area contributed by atoms with E-state index in [1.165, 1.54) is 0 Å². The summed E-state index contributed by atoms with van der Waals surface area (Å²) in [4.78, 5) is 27.8. The fraction of sp³-hybridized carbons (Fsp3) is 0.481. The summed E-state index contributed by atoms with van der Waals surface area (Å²) in [6, 6.07) is 14.3. The second kappa shape index (κ2) is 11.9. The molecule has 1 fully saturated rings. The van der Waals surface area contributed by atoms with Crippen molar-refractivity contribution in [3.63, 3.8) is 0 Å². The van der Waals surface area contributed by atoms with Gasteiger partial charge in [-0.3, -0.25) is 4.79 Å². The molecule has 1 heterocycles. The molecule has 3 rings (SSSR count). The Hall–Kier alpha value is -3.06. The molecular formula is C27H35NO6. The lowest BCUT2D eigenvalue weighted by Crippen LogP contribution is -2.70. The Labute approximate surface area is 201 Å². The molecule has 7 nitrogen and oxygen atoms in total. The molecule has 34 heavy (non-hydrogen) atoms. The fourth-order valence-electron chi connectivity index (χ4n) is 4.41. The number of methoxy groups -OCH3 is 2. The van der Waals surface area contributed by atoms with Crippen LogP contribution in [0.1, 0.15) is 37.8 Å². The number of amides is 1. The normalized spacial score (nSPS) is 18.4. The molecule has 0 saturated carbocycles. The maximum atomic E-state index is 13.2. The van der Waals surface area contributed by atoms with Crippen LogP contribution in [0, 0.1) is 5.92 Å². The van der Waals surface area contributed by atoms with E-state index < -0.39 is 24.0 Å². The highest BCUT2D eigenvalue weighted by atomic mass is 16.5. The smallest absolute Gasteiger partial charge is 0.329 e. The van der Waals surface area contributed by atoms with Gasteiger partial charge in [-0.15, -0.1) is 0 Å². The van der Waals surface area contributed by atoms with Crippen LogP contribution in [0.4, 0.5) is 0 Å². The Morgan fingerprint density at radius 3 is 1.88 bits per heavy atom. The second-order valence-electron chi connectivity index (χ2n) is 8.74. The summed E-state index contributed by atoms with van der Waals surface area (Å²) in [6.45, 7) is 3.88. The molecule has 0 aromatic heterocycles. The van der Waals surface area contributed by atoms with E-state index in [4.69, 9.17) is 14.2 Å². The van der Waals surface area contributed by atoms with Gasteiger partial charge in [-0.2, -0.15) is 0 Å². The van der Waals surface area contributed by atoms with E-state index >= 15 is 0 Å². The Morgan fingerprint density at radius 1 is 0.971 bits per heavy atom. The molecule has 3 unspecified atom stereocenters. The number of aliphatic hydroxyl groups excluding tert-OH is 1. The third-order valence-electron chi connectivity index (χ3n) is 6.34. The first kappa shape index (κ1) is 25.6. The number of ether oxygens (including phenoxy) is 3. The van der Waals surface area contributed by atoms with E-state index in [-0.39, 0.29) is 11.9 Å². The van der Waals surface area contributed by atoms with Gasteiger partial charge in [-0.05, 0) is 61.6 Å². The van der Waals surface area contributed by atoms with Crippen molar-refractivity contribution in [2.45, 2.75) is 57.7 Å². The number of benzene rings is 2. The molecule has 2 aromatic carbocycles. The van der Waals surface area contributed by atoms with Gasteiger partial charge >= 0.3 is 5.97 Å². The molecule has 7 heteroatoms. The first-order valence-corrected chi connectivity index (χ1v) is 11.8. The number of nitrogens with zero attached hydrogens (tertiary/aromatic N) is 1. The maximum Gasteiger partial charge on any atom is 0.329 e. The van der Waals surface area contributed by atoms with Crippen molar-refractivity contribution in [2.24, 2.45) is 5.92 Å². The average Bonchev–Trinajstić information content (AvgIpc) is 2.83. The van der Waals surface area contributed by atoms with Crippen molar-refractivity contribution < 1.29 is 28.9 Å². The summed E-state index contributed by atoms with van der Waals surface area (Å²) in [5.41, 5.74) is 2.04. The lowest BCUT2D eigenvalue weighted by molar-refractivity contribution is -0.184. The minimum Gasteiger partial charge on any atom is -0.497 e. The van der Waals surface area contributed by atoms with Crippen molar-refractivity contribution in [3.05, 3.63) is 59.7 Å². The average molecular weight is 470 g/mol. The van der Waals surface area contributed by atoms with Crippen LogP contribution in [-0.2, 0) is 27.2 Å². The summed E-state index contributed by atoms with van der Waals surface area (Å²) in [6.07, 6.45) is 1.82. The minimum absolute atomic E-state index is 0.223. The number of rotatable bonds is 12. The number of esters is 1. The minimum atomic E-state index is -0.935. The van der Waals surface area contributed by atoms with E-state index in [2.05, 4.69) is 0 Å². The van der Waals surface area contributed by atoms with Gasteiger partial charge in [0.15, 0.2) is 0 Å². The lowest BCUT2D eigenvalue weighted by Gasteiger charge is -2.50. The van der Waals surface area contributed by atoms with Crippen LogP contribution in [0.25, 0.3) is 0 Å². The molecule has 1 amide bonds. The molecule has 0 spiro atoms. The number of aliphatic hydroxyl groups is 1. The Kier molecular flexibility index (Phi) is 8.93. The number of hydrogen-bond acceptors (Lipinski definition) is 6. The fourth-order valence-corrected chi connectivity index (χ4v) is 4.41. The molecule has 184 valence electrons. The zero-order valence-corrected chi connectivity index (χ0v) is 20.4. The summed E-state index contributed by atoms with van der Waals surface area (Å²) < 4.78 is 16.0. The van der Waals surface area contributed by atoms with Crippen LogP contribution in [-0.4, -0.2) is 60.9 Å². The SMILES string of the molecule is CCCCOC(=O)C1C(C(C)O)C(=O)N1C(Cc1ccc(OC)cc1)Cc1ccc(OC)cc1. The predicted octanol–water partition coefficient (Wildman–Crippen LogP) is 3.41. The standard InChI is InChI=1S/C27H35NO6/c1-5-6-15-34-27(31)25-24(18(2)29)26(30)28(25)21(16-19-7-11-22(32-3)12-8-19)17-20-9-13-23(33-4)14-10-20/h7-14,18,21,24-25,29H,5-6,15-17H2,1-4H3. The summed E-state index contributed by atoms with van der Waals surface area (Å²) in [7, 11) is 3.23. The molecule has 0 bridgehead atoms. The Morgan fingerprint density at radius 2 is 1.47 bits per heavy atom. The molecular weight excluding hydrogens is 434 g/mol.